The second-order valence-electron chi connectivity index (χ2n) is 8.46. The summed E-state index contributed by atoms with van der Waals surface area (Å²) in [5.41, 5.74) is 6.57. The summed E-state index contributed by atoms with van der Waals surface area (Å²) >= 11 is 0. The number of rotatable bonds is 3. The van der Waals surface area contributed by atoms with Crippen LogP contribution in [0.15, 0.2) is 109 Å². The first-order valence-corrected chi connectivity index (χ1v) is 11.4. The van der Waals surface area contributed by atoms with Crippen LogP contribution in [0.25, 0.3) is 55.1 Å². The number of pyridine rings is 1. The van der Waals surface area contributed by atoms with Crippen molar-refractivity contribution >= 4 is 43.7 Å². The van der Waals surface area contributed by atoms with Gasteiger partial charge in [-0.05, 0) is 36.4 Å². The summed E-state index contributed by atoms with van der Waals surface area (Å²) in [5.74, 6) is 0.834. The lowest BCUT2D eigenvalue weighted by Gasteiger charge is -2.10. The van der Waals surface area contributed by atoms with Gasteiger partial charge in [0.1, 0.15) is 11.4 Å². The largest absolute Gasteiger partial charge is 0.497 e. The molecule has 0 fully saturated rings. The number of benzene rings is 4. The van der Waals surface area contributed by atoms with Crippen LogP contribution < -0.4 is 4.74 Å². The third-order valence-electron chi connectivity index (χ3n) is 6.64. The number of methoxy groups -OCH3 is 1. The number of para-hydroxylation sites is 3. The van der Waals surface area contributed by atoms with Gasteiger partial charge in [-0.1, -0.05) is 60.7 Å². The molecule has 0 saturated heterocycles. The molecule has 0 aliphatic heterocycles. The maximum absolute atomic E-state index is 5.57. The highest BCUT2D eigenvalue weighted by Gasteiger charge is 2.21. The molecule has 34 heavy (non-hydrogen) atoms. The van der Waals surface area contributed by atoms with Gasteiger partial charge in [-0.3, -0.25) is 4.57 Å². The first kappa shape index (κ1) is 18.9. The van der Waals surface area contributed by atoms with Gasteiger partial charge in [0, 0.05) is 39.8 Å². The van der Waals surface area contributed by atoms with E-state index in [2.05, 4.69) is 94.1 Å². The van der Waals surface area contributed by atoms with Crippen LogP contribution in [0, 0.1) is 0 Å². The number of aromatic nitrogens is 3. The maximum atomic E-state index is 5.57. The Hall–Kier alpha value is -4.57. The Morgan fingerprint density at radius 3 is 2.09 bits per heavy atom. The summed E-state index contributed by atoms with van der Waals surface area (Å²) in [7, 11) is 1.71. The van der Waals surface area contributed by atoms with Crippen LogP contribution in [0.5, 0.6) is 5.75 Å². The molecule has 0 atom stereocenters. The molecular formula is C30H21N3O. The summed E-state index contributed by atoms with van der Waals surface area (Å²) in [6.45, 7) is 0. The standard InChI is InChI=1S/C30H21N3O/c1-34-22-13-9-12-21(18-22)32-26-16-7-5-14-23(26)25-19-31-30-28(29(25)32)24-15-6-8-17-27(24)33(30)20-10-3-2-4-11-20/h2-19H,1H3. The van der Waals surface area contributed by atoms with Gasteiger partial charge in [0.25, 0.3) is 0 Å². The molecule has 3 aromatic heterocycles. The second-order valence-corrected chi connectivity index (χ2v) is 8.46. The van der Waals surface area contributed by atoms with Crippen molar-refractivity contribution in [3.63, 3.8) is 0 Å². The molecule has 0 aliphatic rings. The van der Waals surface area contributed by atoms with E-state index in [1.165, 1.54) is 10.8 Å². The van der Waals surface area contributed by atoms with E-state index < -0.39 is 0 Å². The molecule has 3 heterocycles. The van der Waals surface area contributed by atoms with Crippen LogP contribution in [-0.2, 0) is 0 Å². The van der Waals surface area contributed by atoms with Gasteiger partial charge in [-0.25, -0.2) is 4.98 Å². The number of nitrogens with zero attached hydrogens (tertiary/aromatic N) is 3. The Labute approximate surface area is 196 Å². The average molecular weight is 440 g/mol. The zero-order chi connectivity index (χ0) is 22.6. The highest BCUT2D eigenvalue weighted by Crippen LogP contribution is 2.40. The fourth-order valence-electron chi connectivity index (χ4n) is 5.21. The van der Waals surface area contributed by atoms with E-state index in [9.17, 15) is 0 Å². The molecule has 162 valence electrons. The lowest BCUT2D eigenvalue weighted by molar-refractivity contribution is 0.414. The van der Waals surface area contributed by atoms with Gasteiger partial charge in [0.15, 0.2) is 0 Å². The van der Waals surface area contributed by atoms with Crippen molar-refractivity contribution in [3.05, 3.63) is 109 Å². The molecule has 4 heteroatoms. The first-order chi connectivity index (χ1) is 16.8. The van der Waals surface area contributed by atoms with Crippen LogP contribution in [0.3, 0.4) is 0 Å². The highest BCUT2D eigenvalue weighted by atomic mass is 16.5. The molecule has 4 nitrogen and oxygen atoms in total. The molecule has 0 unspecified atom stereocenters. The van der Waals surface area contributed by atoms with E-state index in [1.807, 2.05) is 24.4 Å². The molecule has 0 aliphatic carbocycles. The minimum absolute atomic E-state index is 0.834. The number of hydrogen-bond acceptors (Lipinski definition) is 2. The molecule has 4 aromatic carbocycles. The monoisotopic (exact) mass is 439 g/mol. The van der Waals surface area contributed by atoms with Gasteiger partial charge >= 0.3 is 0 Å². The molecule has 0 radical (unpaired) electrons. The molecular weight excluding hydrogens is 418 g/mol. The van der Waals surface area contributed by atoms with Gasteiger partial charge < -0.3 is 9.30 Å². The molecule has 0 N–H and O–H groups in total. The minimum atomic E-state index is 0.834. The van der Waals surface area contributed by atoms with E-state index in [0.29, 0.717) is 0 Å². The summed E-state index contributed by atoms with van der Waals surface area (Å²) in [6, 6.07) is 35.8. The van der Waals surface area contributed by atoms with Crippen LogP contribution in [0.4, 0.5) is 0 Å². The third-order valence-corrected chi connectivity index (χ3v) is 6.64. The molecule has 0 spiro atoms. The molecule has 7 aromatic rings. The maximum Gasteiger partial charge on any atom is 0.147 e. The van der Waals surface area contributed by atoms with Crippen molar-refractivity contribution in [1.29, 1.82) is 0 Å². The number of hydrogen-bond donors (Lipinski definition) is 0. The van der Waals surface area contributed by atoms with Gasteiger partial charge in [0.05, 0.1) is 29.0 Å². The minimum Gasteiger partial charge on any atom is -0.497 e. The van der Waals surface area contributed by atoms with E-state index >= 15 is 0 Å². The molecule has 7 rings (SSSR count). The Balaban J connectivity index is 1.74. The Bertz CT molecular complexity index is 1840. The van der Waals surface area contributed by atoms with Gasteiger partial charge in [-0.15, -0.1) is 0 Å². The van der Waals surface area contributed by atoms with Crippen molar-refractivity contribution in [2.45, 2.75) is 0 Å². The van der Waals surface area contributed by atoms with E-state index in [4.69, 9.17) is 9.72 Å². The Morgan fingerprint density at radius 2 is 1.29 bits per heavy atom. The normalized spacial score (nSPS) is 11.7. The van der Waals surface area contributed by atoms with Crippen molar-refractivity contribution < 1.29 is 4.74 Å². The Kier molecular flexibility index (Phi) is 4.02. The summed E-state index contributed by atoms with van der Waals surface area (Å²) in [4.78, 5) is 5.04. The summed E-state index contributed by atoms with van der Waals surface area (Å²) in [5, 5.41) is 4.66. The van der Waals surface area contributed by atoms with Crippen LogP contribution >= 0.6 is 0 Å². The average Bonchev–Trinajstić information content (AvgIpc) is 3.42. The molecule has 0 amide bonds. The van der Waals surface area contributed by atoms with E-state index in [-0.39, 0.29) is 0 Å². The van der Waals surface area contributed by atoms with Crippen molar-refractivity contribution in [2.24, 2.45) is 0 Å². The fourth-order valence-corrected chi connectivity index (χ4v) is 5.21. The van der Waals surface area contributed by atoms with Crippen molar-refractivity contribution in [1.82, 2.24) is 14.1 Å². The molecule has 0 saturated carbocycles. The number of ether oxygens (including phenoxy) is 1. The fraction of sp³-hybridized carbons (Fsp3) is 0.0333. The molecule has 0 bridgehead atoms. The summed E-state index contributed by atoms with van der Waals surface area (Å²) in [6.07, 6.45) is 2.02. The zero-order valence-corrected chi connectivity index (χ0v) is 18.6. The highest BCUT2D eigenvalue weighted by molar-refractivity contribution is 6.24. The van der Waals surface area contributed by atoms with Crippen LogP contribution in [-0.4, -0.2) is 21.2 Å². The summed E-state index contributed by atoms with van der Waals surface area (Å²) < 4.78 is 10.2. The second kappa shape index (κ2) is 7.22. The van der Waals surface area contributed by atoms with Crippen LogP contribution in [0.1, 0.15) is 0 Å². The predicted molar refractivity (Wildman–Crippen MR) is 139 cm³/mol. The SMILES string of the molecule is COc1cccc(-n2c3ccccc3c3cnc4c(c5ccccc5n4-c4ccccc4)c32)c1. The van der Waals surface area contributed by atoms with Crippen molar-refractivity contribution in [2.75, 3.05) is 7.11 Å². The van der Waals surface area contributed by atoms with Crippen LogP contribution in [0.2, 0.25) is 0 Å². The number of fused-ring (bicyclic) bond motifs is 7. The van der Waals surface area contributed by atoms with Crippen molar-refractivity contribution in [3.8, 4) is 17.1 Å². The predicted octanol–water partition coefficient (Wildman–Crippen LogP) is 7.28. The van der Waals surface area contributed by atoms with Gasteiger partial charge in [-0.2, -0.15) is 0 Å². The lowest BCUT2D eigenvalue weighted by atomic mass is 10.1. The zero-order valence-electron chi connectivity index (χ0n) is 18.6. The topological polar surface area (TPSA) is 32.0 Å². The smallest absolute Gasteiger partial charge is 0.147 e. The third kappa shape index (κ3) is 2.57. The van der Waals surface area contributed by atoms with Gasteiger partial charge in [0.2, 0.25) is 0 Å². The Morgan fingerprint density at radius 1 is 0.618 bits per heavy atom. The van der Waals surface area contributed by atoms with E-state index in [1.54, 1.807) is 7.11 Å². The lowest BCUT2D eigenvalue weighted by Crippen LogP contribution is -1.97. The quantitative estimate of drug-likeness (QED) is 0.290. The first-order valence-electron chi connectivity index (χ1n) is 11.4. The van der Waals surface area contributed by atoms with E-state index in [0.717, 1.165) is 50.1 Å².